The van der Waals surface area contributed by atoms with Crippen LogP contribution in [0.3, 0.4) is 0 Å². The first-order chi connectivity index (χ1) is 5.83. The Morgan fingerprint density at radius 1 is 1.54 bits per heavy atom. The minimum Gasteiger partial charge on any atom is -0.383 e. The largest absolute Gasteiger partial charge is 0.383 e. The lowest BCUT2D eigenvalue weighted by atomic mass is 9.93. The zero-order valence-electron chi connectivity index (χ0n) is 8.54. The highest BCUT2D eigenvalue weighted by atomic mass is 16.5. The molecule has 1 heterocycles. The van der Waals surface area contributed by atoms with Crippen LogP contribution in [0.2, 0.25) is 0 Å². The van der Waals surface area contributed by atoms with Crippen molar-refractivity contribution in [3.63, 3.8) is 0 Å². The van der Waals surface area contributed by atoms with Crippen LogP contribution in [-0.4, -0.2) is 42.2 Å². The van der Waals surface area contributed by atoms with Crippen LogP contribution in [0.4, 0.5) is 0 Å². The van der Waals surface area contributed by atoms with Crippen molar-refractivity contribution in [1.29, 1.82) is 0 Å². The van der Waals surface area contributed by atoms with Crippen molar-refractivity contribution < 1.29 is 14.6 Å². The Morgan fingerprint density at radius 2 is 2.08 bits per heavy atom. The maximum absolute atomic E-state index is 9.75. The van der Waals surface area contributed by atoms with E-state index in [1.807, 2.05) is 20.8 Å². The minimum atomic E-state index is -0.870. The summed E-state index contributed by atoms with van der Waals surface area (Å²) in [4.78, 5) is 0. The molecule has 1 fully saturated rings. The van der Waals surface area contributed by atoms with Crippen LogP contribution in [0.1, 0.15) is 20.8 Å². The van der Waals surface area contributed by atoms with Crippen LogP contribution in [0.5, 0.6) is 0 Å². The van der Waals surface area contributed by atoms with Gasteiger partial charge in [0.25, 0.3) is 0 Å². The number of hydrogen-bond acceptors (Lipinski definition) is 4. The second kappa shape index (κ2) is 3.53. The van der Waals surface area contributed by atoms with Crippen molar-refractivity contribution in [2.75, 3.05) is 19.8 Å². The lowest BCUT2D eigenvalue weighted by Gasteiger charge is -2.41. The van der Waals surface area contributed by atoms with Crippen molar-refractivity contribution in [3.05, 3.63) is 0 Å². The van der Waals surface area contributed by atoms with Gasteiger partial charge in [0, 0.05) is 0 Å². The average molecular weight is 189 g/mol. The molecular formula is C9H19NO3. The van der Waals surface area contributed by atoms with Crippen LogP contribution in [-0.2, 0) is 9.47 Å². The van der Waals surface area contributed by atoms with Crippen LogP contribution in [0, 0.1) is 0 Å². The van der Waals surface area contributed by atoms with Crippen LogP contribution < -0.4 is 5.73 Å². The van der Waals surface area contributed by atoms with Gasteiger partial charge < -0.3 is 20.3 Å². The third-order valence-corrected chi connectivity index (χ3v) is 2.09. The van der Waals surface area contributed by atoms with E-state index in [1.54, 1.807) is 0 Å². The lowest BCUT2D eigenvalue weighted by Crippen LogP contribution is -2.63. The predicted octanol–water partition coefficient (Wildman–Crippen LogP) is -0.110. The summed E-state index contributed by atoms with van der Waals surface area (Å²) in [7, 11) is 0. The summed E-state index contributed by atoms with van der Waals surface area (Å²) < 4.78 is 10.4. The number of nitrogens with two attached hydrogens (primary N) is 1. The van der Waals surface area contributed by atoms with E-state index in [0.29, 0.717) is 19.8 Å². The average Bonchev–Trinajstić information content (AvgIpc) is 1.94. The molecule has 0 aromatic rings. The Kier molecular flexibility index (Phi) is 2.97. The molecule has 1 rings (SSSR count). The van der Waals surface area contributed by atoms with Gasteiger partial charge in [-0.05, 0) is 20.8 Å². The number of hydrogen-bond donors (Lipinski definition) is 2. The molecule has 0 amide bonds. The molecule has 0 spiro atoms. The van der Waals surface area contributed by atoms with Crippen molar-refractivity contribution in [3.8, 4) is 0 Å². The first kappa shape index (κ1) is 10.9. The molecule has 1 atom stereocenters. The molecule has 0 bridgehead atoms. The van der Waals surface area contributed by atoms with Crippen molar-refractivity contribution in [2.45, 2.75) is 38.0 Å². The molecule has 4 nitrogen and oxygen atoms in total. The lowest BCUT2D eigenvalue weighted by molar-refractivity contribution is -0.200. The van der Waals surface area contributed by atoms with Gasteiger partial charge in [-0.15, -0.1) is 0 Å². The molecule has 1 aliphatic heterocycles. The van der Waals surface area contributed by atoms with Crippen LogP contribution >= 0.6 is 0 Å². The Hall–Kier alpha value is -0.160. The standard InChI is InChI=1S/C9H19NO3/c1-8(2,3)13-4-7(10)9(11)5-12-6-9/h7,11H,4-6,10H2,1-3H3/t7-/m0/s1. The third kappa shape index (κ3) is 2.91. The Balaban J connectivity index is 2.29. The summed E-state index contributed by atoms with van der Waals surface area (Å²) >= 11 is 0. The Morgan fingerprint density at radius 3 is 2.38 bits per heavy atom. The summed E-state index contributed by atoms with van der Waals surface area (Å²) in [6, 6.07) is -0.361. The molecule has 78 valence electrons. The number of rotatable bonds is 3. The molecule has 13 heavy (non-hydrogen) atoms. The molecule has 1 saturated heterocycles. The molecule has 1 aliphatic rings. The van der Waals surface area contributed by atoms with Gasteiger partial charge >= 0.3 is 0 Å². The molecule has 0 unspecified atom stereocenters. The van der Waals surface area contributed by atoms with E-state index in [-0.39, 0.29) is 11.6 Å². The van der Waals surface area contributed by atoms with E-state index in [4.69, 9.17) is 15.2 Å². The fraction of sp³-hybridized carbons (Fsp3) is 1.00. The van der Waals surface area contributed by atoms with Gasteiger partial charge in [0.05, 0.1) is 31.5 Å². The summed E-state index contributed by atoms with van der Waals surface area (Å²) in [5, 5.41) is 9.75. The number of aliphatic hydroxyl groups is 1. The molecule has 0 aromatic heterocycles. The van der Waals surface area contributed by atoms with Crippen molar-refractivity contribution in [1.82, 2.24) is 0 Å². The van der Waals surface area contributed by atoms with Gasteiger partial charge in [-0.3, -0.25) is 0 Å². The third-order valence-electron chi connectivity index (χ3n) is 2.09. The fourth-order valence-electron chi connectivity index (χ4n) is 1.02. The first-order valence-electron chi connectivity index (χ1n) is 4.53. The number of ether oxygens (including phenoxy) is 2. The summed E-state index contributed by atoms with van der Waals surface area (Å²) in [6.07, 6.45) is 0. The van der Waals surface area contributed by atoms with Gasteiger partial charge in [-0.25, -0.2) is 0 Å². The summed E-state index contributed by atoms with van der Waals surface area (Å²) in [5.41, 5.74) is 4.69. The van der Waals surface area contributed by atoms with Crippen molar-refractivity contribution >= 4 is 0 Å². The van der Waals surface area contributed by atoms with Gasteiger partial charge in [-0.2, -0.15) is 0 Å². The molecule has 3 N–H and O–H groups in total. The molecule has 0 radical (unpaired) electrons. The SMILES string of the molecule is CC(C)(C)OC[C@H](N)C1(O)COC1. The fourth-order valence-corrected chi connectivity index (χ4v) is 1.02. The molecular weight excluding hydrogens is 170 g/mol. The first-order valence-corrected chi connectivity index (χ1v) is 4.53. The normalized spacial score (nSPS) is 23.8. The van der Waals surface area contributed by atoms with Crippen molar-refractivity contribution in [2.24, 2.45) is 5.73 Å². The highest BCUT2D eigenvalue weighted by molar-refractivity contribution is 4.95. The van der Waals surface area contributed by atoms with Gasteiger partial charge in [0.2, 0.25) is 0 Å². The zero-order valence-corrected chi connectivity index (χ0v) is 8.54. The highest BCUT2D eigenvalue weighted by Crippen LogP contribution is 2.21. The minimum absolute atomic E-state index is 0.210. The molecule has 4 heteroatoms. The molecule has 0 saturated carbocycles. The van der Waals surface area contributed by atoms with E-state index in [2.05, 4.69) is 0 Å². The summed E-state index contributed by atoms with van der Waals surface area (Å²) in [5.74, 6) is 0. The summed E-state index contributed by atoms with van der Waals surface area (Å²) in [6.45, 7) is 6.88. The predicted molar refractivity (Wildman–Crippen MR) is 49.4 cm³/mol. The van der Waals surface area contributed by atoms with E-state index in [0.717, 1.165) is 0 Å². The smallest absolute Gasteiger partial charge is 0.128 e. The van der Waals surface area contributed by atoms with Gasteiger partial charge in [0.15, 0.2) is 0 Å². The monoisotopic (exact) mass is 189 g/mol. The van der Waals surface area contributed by atoms with E-state index < -0.39 is 5.60 Å². The maximum Gasteiger partial charge on any atom is 0.128 e. The van der Waals surface area contributed by atoms with Gasteiger partial charge in [-0.1, -0.05) is 0 Å². The van der Waals surface area contributed by atoms with Gasteiger partial charge in [0.1, 0.15) is 5.60 Å². The molecule has 0 aliphatic carbocycles. The second-order valence-corrected chi connectivity index (χ2v) is 4.63. The van der Waals surface area contributed by atoms with E-state index >= 15 is 0 Å². The quantitative estimate of drug-likeness (QED) is 0.650. The Labute approximate surface area is 79.0 Å². The Bertz CT molecular complexity index is 172. The maximum atomic E-state index is 9.75. The van der Waals surface area contributed by atoms with E-state index in [1.165, 1.54) is 0 Å². The van der Waals surface area contributed by atoms with Crippen LogP contribution in [0.25, 0.3) is 0 Å². The molecule has 0 aromatic carbocycles. The zero-order chi connectivity index (χ0) is 10.1. The topological polar surface area (TPSA) is 64.7 Å². The highest BCUT2D eigenvalue weighted by Gasteiger charge is 2.42. The second-order valence-electron chi connectivity index (χ2n) is 4.63. The van der Waals surface area contributed by atoms with Crippen LogP contribution in [0.15, 0.2) is 0 Å². The van der Waals surface area contributed by atoms with E-state index in [9.17, 15) is 5.11 Å².